The van der Waals surface area contributed by atoms with Crippen molar-refractivity contribution in [2.24, 2.45) is 11.8 Å². The van der Waals surface area contributed by atoms with Crippen LogP contribution in [0.2, 0.25) is 0 Å². The number of hydrogen-bond acceptors (Lipinski definition) is 8. The molecule has 0 saturated carbocycles. The summed E-state index contributed by atoms with van der Waals surface area (Å²) >= 11 is 0. The highest BCUT2D eigenvalue weighted by Gasteiger charge is 2.42. The average Bonchev–Trinajstić information content (AvgIpc) is 3.12. The van der Waals surface area contributed by atoms with Crippen molar-refractivity contribution >= 4 is 17.7 Å². The number of Topliss-reactive ketones (excluding diaryl/α,β-unsaturated/α-hetero) is 1. The minimum absolute atomic E-state index is 0.0136. The van der Waals surface area contributed by atoms with Gasteiger partial charge in [-0.3, -0.25) is 14.4 Å². The predicted octanol–water partition coefficient (Wildman–Crippen LogP) is 3.78. The molecule has 2 rings (SSSR count). The lowest BCUT2D eigenvalue weighted by molar-refractivity contribution is -0.267. The number of hydrogen-bond donors (Lipinski definition) is 4. The van der Waals surface area contributed by atoms with Gasteiger partial charge in [-0.2, -0.15) is 0 Å². The number of carboxylic acid groups (broad SMARTS) is 1. The van der Waals surface area contributed by atoms with Crippen LogP contribution in [0.5, 0.6) is 0 Å². The SMILES string of the molecule is CC(/C=C/C=C/C=C/C=C/C(O)=C1\C(=O)[C@H](CCC(=O)O)N(C)C1=O)=C\[C@@H](C)[C@@H](O[C@H]1C[C@H](O)[C@H](O)[C@@H](C)O1)C(C)C. The Hall–Kier alpha value is -3.31. The molecule has 232 valence electrons. The molecule has 0 bridgehead atoms. The summed E-state index contributed by atoms with van der Waals surface area (Å²) < 4.78 is 11.9. The standard InChI is InChI=1S/C32H45NO9/c1-19(2)31(42-27-18-25(35)29(38)22(5)41-27)21(4)17-20(3)13-11-9-7-8-10-12-14-24(34)28-30(39)23(15-16-26(36)37)33(6)32(28)40/h7-14,17,19,21-23,25,27,29,31,34-35,38H,15-16,18H2,1-6H3,(H,36,37)/b9-7+,10-8+,13-11+,14-12+,20-17+,28-24-/t21-,22-,23+,25+,27+,29-,31+/m1/s1. The Bertz CT molecular complexity index is 1130. The van der Waals surface area contributed by atoms with Crippen LogP contribution in [0.3, 0.4) is 0 Å². The fourth-order valence-corrected chi connectivity index (χ4v) is 5.02. The molecule has 2 fully saturated rings. The Kier molecular flexibility index (Phi) is 13.6. The van der Waals surface area contributed by atoms with Crippen LogP contribution in [0.15, 0.2) is 71.6 Å². The molecule has 2 aliphatic heterocycles. The molecule has 0 radical (unpaired) electrons. The van der Waals surface area contributed by atoms with E-state index in [1.165, 1.54) is 19.2 Å². The van der Waals surface area contributed by atoms with Crippen molar-refractivity contribution in [1.29, 1.82) is 0 Å². The van der Waals surface area contributed by atoms with Gasteiger partial charge in [0, 0.05) is 25.8 Å². The molecule has 0 aromatic carbocycles. The third-order valence-electron chi connectivity index (χ3n) is 7.29. The molecule has 0 aliphatic carbocycles. The van der Waals surface area contributed by atoms with E-state index in [1.807, 2.05) is 25.2 Å². The van der Waals surface area contributed by atoms with Crippen molar-refractivity contribution < 1.29 is 44.3 Å². The minimum atomic E-state index is -1.06. The second kappa shape index (κ2) is 16.4. The molecule has 0 spiro atoms. The van der Waals surface area contributed by atoms with Gasteiger partial charge in [-0.05, 0) is 32.3 Å². The highest BCUT2D eigenvalue weighted by Crippen LogP contribution is 2.28. The van der Waals surface area contributed by atoms with Crippen LogP contribution in [0.1, 0.15) is 53.9 Å². The lowest BCUT2D eigenvalue weighted by Crippen LogP contribution is -2.49. The number of nitrogens with zero attached hydrogens (tertiary/aromatic N) is 1. The molecule has 2 saturated heterocycles. The van der Waals surface area contributed by atoms with Crippen LogP contribution in [-0.4, -0.2) is 86.8 Å². The van der Waals surface area contributed by atoms with Gasteiger partial charge in [-0.25, -0.2) is 0 Å². The zero-order chi connectivity index (χ0) is 31.6. The van der Waals surface area contributed by atoms with E-state index in [0.29, 0.717) is 0 Å². The van der Waals surface area contributed by atoms with Gasteiger partial charge in [0.25, 0.3) is 5.91 Å². The number of rotatable bonds is 13. The van der Waals surface area contributed by atoms with E-state index < -0.39 is 54.1 Å². The van der Waals surface area contributed by atoms with E-state index in [4.69, 9.17) is 14.6 Å². The number of carboxylic acids is 1. The molecular formula is C32H45NO9. The lowest BCUT2D eigenvalue weighted by atomic mass is 9.92. The van der Waals surface area contributed by atoms with E-state index in [0.717, 1.165) is 10.5 Å². The van der Waals surface area contributed by atoms with Gasteiger partial charge in [-0.15, -0.1) is 0 Å². The molecule has 0 unspecified atom stereocenters. The maximum atomic E-state index is 12.5. The largest absolute Gasteiger partial charge is 0.507 e. The molecule has 2 heterocycles. The quantitative estimate of drug-likeness (QED) is 0.109. The summed E-state index contributed by atoms with van der Waals surface area (Å²) in [6, 6.07) is -0.896. The monoisotopic (exact) mass is 587 g/mol. The summed E-state index contributed by atoms with van der Waals surface area (Å²) in [5.74, 6) is -2.47. The summed E-state index contributed by atoms with van der Waals surface area (Å²) in [5.41, 5.74) is 0.697. The van der Waals surface area contributed by atoms with Crippen LogP contribution < -0.4 is 0 Å². The fourth-order valence-electron chi connectivity index (χ4n) is 5.02. The van der Waals surface area contributed by atoms with E-state index in [9.17, 15) is 29.7 Å². The van der Waals surface area contributed by atoms with Crippen LogP contribution in [-0.2, 0) is 23.9 Å². The van der Waals surface area contributed by atoms with Crippen molar-refractivity contribution in [3.05, 3.63) is 71.6 Å². The van der Waals surface area contributed by atoms with Crippen molar-refractivity contribution in [2.75, 3.05) is 7.05 Å². The number of amides is 1. The third-order valence-corrected chi connectivity index (χ3v) is 7.29. The third kappa shape index (κ3) is 9.90. The Morgan fingerprint density at radius 2 is 1.64 bits per heavy atom. The number of carbonyl (C=O) groups excluding carboxylic acids is 2. The number of ketones is 1. The number of likely N-dealkylation sites (N-methyl/N-ethyl adjacent to an activating group) is 1. The number of aliphatic carboxylic acids is 1. The lowest BCUT2D eigenvalue weighted by Gasteiger charge is -2.38. The Morgan fingerprint density at radius 1 is 1.05 bits per heavy atom. The van der Waals surface area contributed by atoms with Gasteiger partial charge < -0.3 is 34.8 Å². The molecule has 0 aromatic rings. The van der Waals surface area contributed by atoms with Gasteiger partial charge in [0.2, 0.25) is 0 Å². The van der Waals surface area contributed by atoms with Crippen LogP contribution in [0, 0.1) is 11.8 Å². The Morgan fingerprint density at radius 3 is 2.21 bits per heavy atom. The maximum absolute atomic E-state index is 12.5. The molecule has 1 amide bonds. The normalized spacial score (nSPS) is 28.7. The number of likely N-dealkylation sites (tertiary alicyclic amines) is 1. The zero-order valence-corrected chi connectivity index (χ0v) is 25.2. The van der Waals surface area contributed by atoms with Crippen molar-refractivity contribution in [1.82, 2.24) is 4.90 Å². The summed E-state index contributed by atoms with van der Waals surface area (Å²) in [5, 5.41) is 39.1. The van der Waals surface area contributed by atoms with Gasteiger partial charge in [0.1, 0.15) is 17.4 Å². The molecule has 42 heavy (non-hydrogen) atoms. The average molecular weight is 588 g/mol. The second-order valence-electron chi connectivity index (χ2n) is 11.2. The number of carbonyl (C=O) groups is 3. The van der Waals surface area contributed by atoms with Crippen LogP contribution >= 0.6 is 0 Å². The number of aliphatic hydroxyl groups is 3. The minimum Gasteiger partial charge on any atom is -0.507 e. The molecule has 4 N–H and O–H groups in total. The molecule has 0 aromatic heterocycles. The molecular weight excluding hydrogens is 542 g/mol. The zero-order valence-electron chi connectivity index (χ0n) is 25.2. The first-order valence-electron chi connectivity index (χ1n) is 14.2. The van der Waals surface area contributed by atoms with Gasteiger partial charge >= 0.3 is 5.97 Å². The molecule has 10 nitrogen and oxygen atoms in total. The predicted molar refractivity (Wildman–Crippen MR) is 158 cm³/mol. The van der Waals surface area contributed by atoms with Crippen molar-refractivity contribution in [3.8, 4) is 0 Å². The summed E-state index contributed by atoms with van der Waals surface area (Å²) in [6.07, 6.45) is 12.6. The van der Waals surface area contributed by atoms with E-state index in [1.54, 1.807) is 25.2 Å². The Labute approximate surface area is 248 Å². The van der Waals surface area contributed by atoms with E-state index in [-0.39, 0.29) is 42.8 Å². The highest BCUT2D eigenvalue weighted by atomic mass is 16.7. The maximum Gasteiger partial charge on any atom is 0.303 e. The topological polar surface area (TPSA) is 154 Å². The summed E-state index contributed by atoms with van der Waals surface area (Å²) in [6.45, 7) is 9.91. The van der Waals surface area contributed by atoms with Crippen molar-refractivity contribution in [3.63, 3.8) is 0 Å². The van der Waals surface area contributed by atoms with Gasteiger partial charge in [0.05, 0.1) is 24.4 Å². The first-order valence-corrected chi connectivity index (χ1v) is 14.2. The molecule has 10 heteroatoms. The van der Waals surface area contributed by atoms with Crippen LogP contribution in [0.4, 0.5) is 0 Å². The smallest absolute Gasteiger partial charge is 0.303 e. The highest BCUT2D eigenvalue weighted by molar-refractivity contribution is 6.27. The van der Waals surface area contributed by atoms with Crippen LogP contribution in [0.25, 0.3) is 0 Å². The first kappa shape index (κ1) is 34.9. The summed E-state index contributed by atoms with van der Waals surface area (Å²) in [4.78, 5) is 36.9. The van der Waals surface area contributed by atoms with Crippen molar-refractivity contribution in [2.45, 2.75) is 90.6 Å². The van der Waals surface area contributed by atoms with Gasteiger partial charge in [0.15, 0.2) is 12.1 Å². The second-order valence-corrected chi connectivity index (χ2v) is 11.2. The number of allylic oxidation sites excluding steroid dienone is 9. The first-order chi connectivity index (χ1) is 19.7. The molecule has 7 atom stereocenters. The number of aliphatic hydroxyl groups excluding tert-OH is 3. The summed E-state index contributed by atoms with van der Waals surface area (Å²) in [7, 11) is 1.41. The fraction of sp³-hybridized carbons (Fsp3) is 0.531. The van der Waals surface area contributed by atoms with Gasteiger partial charge in [-0.1, -0.05) is 75.0 Å². The number of ether oxygens (including phenoxy) is 2. The Balaban J connectivity index is 1.92. The molecule has 2 aliphatic rings. The van der Waals surface area contributed by atoms with E-state index >= 15 is 0 Å². The van der Waals surface area contributed by atoms with E-state index in [2.05, 4.69) is 26.8 Å².